The maximum Gasteiger partial charge on any atom is 0.337 e. The van der Waals surface area contributed by atoms with Crippen LogP contribution in [0.2, 0.25) is 0 Å². The summed E-state index contributed by atoms with van der Waals surface area (Å²) in [6.07, 6.45) is 0.899. The maximum absolute atomic E-state index is 11.2. The van der Waals surface area contributed by atoms with Crippen molar-refractivity contribution in [1.82, 2.24) is 4.57 Å². The summed E-state index contributed by atoms with van der Waals surface area (Å²) in [6, 6.07) is 12.3. The van der Waals surface area contributed by atoms with Gasteiger partial charge in [0.2, 0.25) is 0 Å². The Morgan fingerprint density at radius 1 is 1.26 bits per heavy atom. The predicted octanol–water partition coefficient (Wildman–Crippen LogP) is 3.61. The molecule has 0 saturated heterocycles. The van der Waals surface area contributed by atoms with Crippen molar-refractivity contribution in [3.63, 3.8) is 0 Å². The average Bonchev–Trinajstić information content (AvgIpc) is 2.66. The van der Waals surface area contributed by atoms with E-state index in [1.807, 2.05) is 32.0 Å². The van der Waals surface area contributed by atoms with Gasteiger partial charge in [0.15, 0.2) is 0 Å². The first kappa shape index (κ1) is 13.4. The number of aromatic nitrogens is 1. The highest BCUT2D eigenvalue weighted by Gasteiger charge is 2.18. The van der Waals surface area contributed by atoms with Crippen molar-refractivity contribution < 1.29 is 9.90 Å². The van der Waals surface area contributed by atoms with Gasteiger partial charge in [-0.1, -0.05) is 30.3 Å². The van der Waals surface area contributed by atoms with Crippen LogP contribution < -0.4 is 0 Å². The Balaban J connectivity index is 2.29. The van der Waals surface area contributed by atoms with Gasteiger partial charge in [0, 0.05) is 17.4 Å². The summed E-state index contributed by atoms with van der Waals surface area (Å²) in [5, 5.41) is 9.16. The SMILES string of the molecule is Cc1cc(C(=O)O)c(C)n1C(C)Cc1ccccc1. The normalized spacial score (nSPS) is 12.4. The van der Waals surface area contributed by atoms with Gasteiger partial charge in [-0.2, -0.15) is 0 Å². The molecule has 19 heavy (non-hydrogen) atoms. The van der Waals surface area contributed by atoms with Crippen LogP contribution in [-0.2, 0) is 6.42 Å². The van der Waals surface area contributed by atoms with Gasteiger partial charge in [0.1, 0.15) is 0 Å². The molecular weight excluding hydrogens is 238 g/mol. The predicted molar refractivity (Wildman–Crippen MR) is 75.7 cm³/mol. The second-order valence-electron chi connectivity index (χ2n) is 5.00. The highest BCUT2D eigenvalue weighted by atomic mass is 16.4. The van der Waals surface area contributed by atoms with Gasteiger partial charge in [-0.25, -0.2) is 4.79 Å². The number of carboxylic acid groups (broad SMARTS) is 1. The van der Waals surface area contributed by atoms with E-state index in [0.717, 1.165) is 17.8 Å². The number of aryl methyl sites for hydroxylation is 1. The second kappa shape index (κ2) is 5.31. The fourth-order valence-electron chi connectivity index (χ4n) is 2.72. The fraction of sp³-hybridized carbons (Fsp3) is 0.312. The summed E-state index contributed by atoms with van der Waals surface area (Å²) in [6.45, 7) is 5.96. The average molecular weight is 257 g/mol. The van der Waals surface area contributed by atoms with E-state index >= 15 is 0 Å². The third kappa shape index (κ3) is 2.70. The number of benzene rings is 1. The first-order chi connectivity index (χ1) is 9.00. The molecule has 0 spiro atoms. The van der Waals surface area contributed by atoms with Crippen LogP contribution in [0.3, 0.4) is 0 Å². The lowest BCUT2D eigenvalue weighted by Gasteiger charge is -2.18. The highest BCUT2D eigenvalue weighted by Crippen LogP contribution is 2.23. The van der Waals surface area contributed by atoms with Crippen molar-refractivity contribution in [1.29, 1.82) is 0 Å². The highest BCUT2D eigenvalue weighted by molar-refractivity contribution is 5.89. The van der Waals surface area contributed by atoms with E-state index in [1.54, 1.807) is 6.07 Å². The number of hydrogen-bond acceptors (Lipinski definition) is 1. The van der Waals surface area contributed by atoms with Crippen LogP contribution in [0.5, 0.6) is 0 Å². The molecule has 1 N–H and O–H groups in total. The number of aromatic carboxylic acids is 1. The Morgan fingerprint density at radius 2 is 1.89 bits per heavy atom. The fourth-order valence-corrected chi connectivity index (χ4v) is 2.72. The molecule has 0 saturated carbocycles. The van der Waals surface area contributed by atoms with E-state index in [9.17, 15) is 4.79 Å². The molecule has 1 aromatic heterocycles. The minimum Gasteiger partial charge on any atom is -0.478 e. The van der Waals surface area contributed by atoms with E-state index in [2.05, 4.69) is 23.6 Å². The molecule has 1 atom stereocenters. The molecule has 0 fully saturated rings. The molecule has 0 bridgehead atoms. The molecule has 100 valence electrons. The summed E-state index contributed by atoms with van der Waals surface area (Å²) >= 11 is 0. The van der Waals surface area contributed by atoms with Crippen LogP contribution in [0.4, 0.5) is 0 Å². The number of carboxylic acids is 1. The monoisotopic (exact) mass is 257 g/mol. The smallest absolute Gasteiger partial charge is 0.337 e. The first-order valence-corrected chi connectivity index (χ1v) is 6.46. The molecule has 0 aliphatic carbocycles. The molecule has 2 aromatic rings. The summed E-state index contributed by atoms with van der Waals surface area (Å²) in [7, 11) is 0. The maximum atomic E-state index is 11.2. The van der Waals surface area contributed by atoms with Crippen molar-refractivity contribution in [2.24, 2.45) is 0 Å². The Bertz CT molecular complexity index is 584. The second-order valence-corrected chi connectivity index (χ2v) is 5.00. The third-order valence-corrected chi connectivity index (χ3v) is 3.53. The molecule has 0 aliphatic rings. The van der Waals surface area contributed by atoms with Gasteiger partial charge in [-0.15, -0.1) is 0 Å². The Labute approximate surface area is 113 Å². The van der Waals surface area contributed by atoms with Gasteiger partial charge in [0.25, 0.3) is 0 Å². The van der Waals surface area contributed by atoms with Gasteiger partial charge in [-0.3, -0.25) is 0 Å². The Morgan fingerprint density at radius 3 is 2.42 bits per heavy atom. The van der Waals surface area contributed by atoms with E-state index in [4.69, 9.17) is 5.11 Å². The summed E-state index contributed by atoms with van der Waals surface area (Å²) in [5.41, 5.74) is 3.49. The van der Waals surface area contributed by atoms with Crippen LogP contribution in [0.1, 0.15) is 40.3 Å². The van der Waals surface area contributed by atoms with E-state index in [-0.39, 0.29) is 6.04 Å². The molecule has 0 aliphatic heterocycles. The zero-order valence-electron chi connectivity index (χ0n) is 11.6. The van der Waals surface area contributed by atoms with Crippen LogP contribution >= 0.6 is 0 Å². The topological polar surface area (TPSA) is 42.2 Å². The minimum atomic E-state index is -0.855. The Hall–Kier alpha value is -2.03. The summed E-state index contributed by atoms with van der Waals surface area (Å²) in [5.74, 6) is -0.855. The van der Waals surface area contributed by atoms with E-state index in [0.29, 0.717) is 5.56 Å². The van der Waals surface area contributed by atoms with Crippen molar-refractivity contribution in [3.8, 4) is 0 Å². The third-order valence-electron chi connectivity index (χ3n) is 3.53. The molecule has 0 amide bonds. The van der Waals surface area contributed by atoms with Crippen molar-refractivity contribution in [2.45, 2.75) is 33.2 Å². The molecule has 0 radical (unpaired) electrons. The standard InChI is InChI=1S/C16H19NO2/c1-11(9-14-7-5-4-6-8-14)17-12(2)10-15(13(17)3)16(18)19/h4-8,10-11H,9H2,1-3H3,(H,18,19). The van der Waals surface area contributed by atoms with E-state index in [1.165, 1.54) is 5.56 Å². The molecule has 1 unspecified atom stereocenters. The van der Waals surface area contributed by atoms with Gasteiger partial charge in [-0.05, 0) is 38.8 Å². The van der Waals surface area contributed by atoms with Crippen molar-refractivity contribution >= 4 is 5.97 Å². The number of nitrogens with zero attached hydrogens (tertiary/aromatic N) is 1. The summed E-state index contributed by atoms with van der Waals surface area (Å²) in [4.78, 5) is 11.2. The molecule has 1 heterocycles. The first-order valence-electron chi connectivity index (χ1n) is 6.46. The van der Waals surface area contributed by atoms with Crippen LogP contribution in [-0.4, -0.2) is 15.6 Å². The molecule has 2 rings (SSSR count). The van der Waals surface area contributed by atoms with Crippen LogP contribution in [0.15, 0.2) is 36.4 Å². The molecule has 3 heteroatoms. The quantitative estimate of drug-likeness (QED) is 0.909. The zero-order chi connectivity index (χ0) is 14.0. The van der Waals surface area contributed by atoms with Gasteiger partial charge >= 0.3 is 5.97 Å². The van der Waals surface area contributed by atoms with Crippen LogP contribution in [0, 0.1) is 13.8 Å². The van der Waals surface area contributed by atoms with Crippen molar-refractivity contribution in [3.05, 3.63) is 58.9 Å². The van der Waals surface area contributed by atoms with Crippen molar-refractivity contribution in [2.75, 3.05) is 0 Å². The summed E-state index contributed by atoms with van der Waals surface area (Å²) < 4.78 is 2.11. The lowest BCUT2D eigenvalue weighted by Crippen LogP contribution is -2.12. The number of carbonyl (C=O) groups is 1. The van der Waals surface area contributed by atoms with Gasteiger partial charge < -0.3 is 9.67 Å². The molecule has 3 nitrogen and oxygen atoms in total. The van der Waals surface area contributed by atoms with Crippen LogP contribution in [0.25, 0.3) is 0 Å². The largest absolute Gasteiger partial charge is 0.478 e. The molecule has 1 aromatic carbocycles. The van der Waals surface area contributed by atoms with E-state index < -0.39 is 5.97 Å². The van der Waals surface area contributed by atoms with Gasteiger partial charge in [0.05, 0.1) is 5.56 Å². The Kier molecular flexibility index (Phi) is 3.74. The lowest BCUT2D eigenvalue weighted by atomic mass is 10.1. The molecular formula is C16H19NO2. The lowest BCUT2D eigenvalue weighted by molar-refractivity contribution is 0.0696. The zero-order valence-corrected chi connectivity index (χ0v) is 11.6. The number of hydrogen-bond donors (Lipinski definition) is 1. The number of rotatable bonds is 4. The minimum absolute atomic E-state index is 0.246.